The zero-order valence-corrected chi connectivity index (χ0v) is 21.3. The summed E-state index contributed by atoms with van der Waals surface area (Å²) >= 11 is 0. The Morgan fingerprint density at radius 3 is 2.53 bits per heavy atom. The van der Waals surface area contributed by atoms with Gasteiger partial charge in [0.2, 0.25) is 0 Å². The second-order valence-corrected chi connectivity index (χ2v) is 11.7. The van der Waals surface area contributed by atoms with Gasteiger partial charge in [0.05, 0.1) is 22.7 Å². The average Bonchev–Trinajstić information content (AvgIpc) is 3.11. The third kappa shape index (κ3) is 4.11. The third-order valence-corrected chi connectivity index (χ3v) is 9.82. The second kappa shape index (κ2) is 8.88. The van der Waals surface area contributed by atoms with E-state index in [-0.39, 0.29) is 29.3 Å². The zero-order chi connectivity index (χ0) is 25.9. The van der Waals surface area contributed by atoms with Crippen molar-refractivity contribution < 1.29 is 32.5 Å². The monoisotopic (exact) mass is 510 g/mol. The van der Waals surface area contributed by atoms with Crippen LogP contribution < -0.4 is 4.90 Å². The molecule has 0 radical (unpaired) electrons. The minimum atomic E-state index is -4.37. The maximum Gasteiger partial charge on any atom is 0.416 e. The number of esters is 1. The van der Waals surface area contributed by atoms with Crippen molar-refractivity contribution in [3.05, 3.63) is 29.8 Å². The van der Waals surface area contributed by atoms with Crippen molar-refractivity contribution in [1.82, 2.24) is 4.90 Å². The van der Waals surface area contributed by atoms with Gasteiger partial charge in [0.1, 0.15) is 6.10 Å². The van der Waals surface area contributed by atoms with E-state index < -0.39 is 22.9 Å². The molecule has 1 aromatic rings. The summed E-state index contributed by atoms with van der Waals surface area (Å²) in [4.78, 5) is 17.2. The fourth-order valence-corrected chi connectivity index (χ4v) is 7.44. The van der Waals surface area contributed by atoms with E-state index in [9.17, 15) is 23.1 Å². The van der Waals surface area contributed by atoms with Crippen molar-refractivity contribution in [1.29, 1.82) is 0 Å². The molecule has 1 N–H and O–H groups in total. The van der Waals surface area contributed by atoms with E-state index in [2.05, 4.69) is 11.8 Å². The number of halogens is 3. The summed E-state index contributed by atoms with van der Waals surface area (Å²) in [6, 6.07) is 5.44. The first kappa shape index (κ1) is 25.8. The Labute approximate surface area is 210 Å². The first-order valence-corrected chi connectivity index (χ1v) is 13.0. The maximum absolute atomic E-state index is 13.1. The number of alkyl halides is 3. The van der Waals surface area contributed by atoms with E-state index >= 15 is 0 Å². The first-order chi connectivity index (χ1) is 16.9. The summed E-state index contributed by atoms with van der Waals surface area (Å²) < 4.78 is 51.2. The number of anilines is 1. The minimum Gasteiger partial charge on any atom is -0.462 e. The molecule has 2 aliphatic carbocycles. The maximum atomic E-state index is 13.1. The molecule has 0 bridgehead atoms. The molecule has 0 spiro atoms. The van der Waals surface area contributed by atoms with E-state index in [0.717, 1.165) is 25.3 Å². The number of methoxy groups -OCH3 is 1. The van der Waals surface area contributed by atoms with Crippen molar-refractivity contribution in [2.45, 2.75) is 69.4 Å². The largest absolute Gasteiger partial charge is 0.462 e. The summed E-state index contributed by atoms with van der Waals surface area (Å²) in [5.41, 5.74) is -2.16. The van der Waals surface area contributed by atoms with Crippen LogP contribution in [0.5, 0.6) is 0 Å². The van der Waals surface area contributed by atoms with Crippen molar-refractivity contribution >= 4 is 11.7 Å². The number of nitrogens with zero attached hydrogens (tertiary/aromatic N) is 2. The molecule has 4 aliphatic rings. The molecule has 2 heterocycles. The lowest BCUT2D eigenvalue weighted by Crippen LogP contribution is -2.69. The molecule has 0 unspecified atom stereocenters. The van der Waals surface area contributed by atoms with Gasteiger partial charge in [-0.3, -0.25) is 9.69 Å². The summed E-state index contributed by atoms with van der Waals surface area (Å²) in [5.74, 6) is -0.605. The molecule has 2 aliphatic heterocycles. The predicted molar refractivity (Wildman–Crippen MR) is 129 cm³/mol. The molecule has 5 rings (SSSR count). The van der Waals surface area contributed by atoms with Crippen LogP contribution in [0.4, 0.5) is 18.9 Å². The van der Waals surface area contributed by atoms with Crippen molar-refractivity contribution in [3.63, 3.8) is 0 Å². The van der Waals surface area contributed by atoms with Crippen LogP contribution in [0.2, 0.25) is 0 Å². The molecule has 0 amide bonds. The first-order valence-electron chi connectivity index (χ1n) is 13.0. The highest BCUT2D eigenvalue weighted by Gasteiger charge is 2.67. The quantitative estimate of drug-likeness (QED) is 0.616. The predicted octanol–water partition coefficient (Wildman–Crippen LogP) is 4.11. The van der Waals surface area contributed by atoms with Gasteiger partial charge >= 0.3 is 12.1 Å². The van der Waals surface area contributed by atoms with Gasteiger partial charge in [-0.15, -0.1) is 0 Å². The highest BCUT2D eigenvalue weighted by molar-refractivity contribution is 5.75. The molecule has 9 heteroatoms. The lowest BCUT2D eigenvalue weighted by atomic mass is 9.49. The van der Waals surface area contributed by atoms with Gasteiger partial charge < -0.3 is 19.5 Å². The fourth-order valence-electron chi connectivity index (χ4n) is 7.44. The molecule has 1 aromatic carbocycles. The molecular weight excluding hydrogens is 473 g/mol. The molecule has 6 atom stereocenters. The number of fused-ring (bicyclic) bond motifs is 2. The van der Waals surface area contributed by atoms with Crippen LogP contribution in [0.1, 0.15) is 51.5 Å². The van der Waals surface area contributed by atoms with Gasteiger partial charge in [0, 0.05) is 56.9 Å². The molecule has 6 nitrogen and oxygen atoms in total. The Morgan fingerprint density at radius 2 is 1.86 bits per heavy atom. The smallest absolute Gasteiger partial charge is 0.416 e. The second-order valence-electron chi connectivity index (χ2n) is 11.7. The Hall–Kier alpha value is -1.84. The Morgan fingerprint density at radius 1 is 1.14 bits per heavy atom. The van der Waals surface area contributed by atoms with Crippen LogP contribution in [-0.2, 0) is 20.4 Å². The summed E-state index contributed by atoms with van der Waals surface area (Å²) in [5, 5.41) is 12.1. The third-order valence-electron chi connectivity index (χ3n) is 9.82. The Bertz CT molecular complexity index is 997. The van der Waals surface area contributed by atoms with E-state index in [1.807, 2.05) is 11.8 Å². The van der Waals surface area contributed by atoms with Gasteiger partial charge in [-0.25, -0.2) is 0 Å². The Balaban J connectivity index is 1.26. The van der Waals surface area contributed by atoms with Crippen LogP contribution >= 0.6 is 0 Å². The molecule has 200 valence electrons. The lowest BCUT2D eigenvalue weighted by Gasteiger charge is -2.62. The average molecular weight is 511 g/mol. The van der Waals surface area contributed by atoms with Gasteiger partial charge in [-0.2, -0.15) is 13.2 Å². The van der Waals surface area contributed by atoms with Crippen LogP contribution in [-0.4, -0.2) is 73.1 Å². The van der Waals surface area contributed by atoms with Gasteiger partial charge in [-0.05, 0) is 57.2 Å². The fraction of sp³-hybridized carbons (Fsp3) is 0.741. The van der Waals surface area contributed by atoms with Gasteiger partial charge in [-0.1, -0.05) is 13.0 Å². The van der Waals surface area contributed by atoms with Crippen LogP contribution in [0.15, 0.2) is 24.3 Å². The Kier molecular flexibility index (Phi) is 6.36. The zero-order valence-electron chi connectivity index (χ0n) is 21.3. The molecule has 0 aromatic heterocycles. The lowest BCUT2D eigenvalue weighted by molar-refractivity contribution is -0.270. The van der Waals surface area contributed by atoms with Crippen molar-refractivity contribution in [2.75, 3.05) is 44.7 Å². The number of hydrogen-bond acceptors (Lipinski definition) is 6. The summed E-state index contributed by atoms with van der Waals surface area (Å²) in [6.45, 7) is 7.09. The van der Waals surface area contributed by atoms with E-state index in [4.69, 9.17) is 9.47 Å². The van der Waals surface area contributed by atoms with Crippen LogP contribution in [0.3, 0.4) is 0 Å². The topological polar surface area (TPSA) is 62.2 Å². The van der Waals surface area contributed by atoms with E-state index in [1.54, 1.807) is 13.2 Å². The van der Waals surface area contributed by atoms with Gasteiger partial charge in [0.25, 0.3) is 0 Å². The number of carbonyl (C=O) groups excluding carboxylic acids is 1. The number of piperazine rings is 1. The van der Waals surface area contributed by atoms with Crippen molar-refractivity contribution in [3.8, 4) is 0 Å². The molecule has 36 heavy (non-hydrogen) atoms. The molecule has 2 saturated heterocycles. The molecular formula is C27H37F3N2O4. The molecule has 4 fully saturated rings. The van der Waals surface area contributed by atoms with Crippen molar-refractivity contribution in [2.24, 2.45) is 17.3 Å². The van der Waals surface area contributed by atoms with Gasteiger partial charge in [0.15, 0.2) is 0 Å². The number of rotatable bonds is 4. The number of ether oxygens (including phenoxy) is 2. The SMILES string of the molecule is CO[C@]1(C)CCC[C@]2(C)C[C@H]3OC(=O)[C@H](CN4CCN(c5cccc(C(F)(F)F)c5)CC4)[C@@H]3C[C@]21O. The number of aliphatic hydroxyl groups is 1. The van der Waals surface area contributed by atoms with E-state index in [1.165, 1.54) is 12.1 Å². The summed E-state index contributed by atoms with van der Waals surface area (Å²) in [7, 11) is 1.66. The number of hydrogen-bond donors (Lipinski definition) is 1. The minimum absolute atomic E-state index is 0.0790. The van der Waals surface area contributed by atoms with Crippen LogP contribution in [0, 0.1) is 17.3 Å². The number of carbonyl (C=O) groups is 1. The highest BCUT2D eigenvalue weighted by Crippen LogP contribution is 2.61. The highest BCUT2D eigenvalue weighted by atomic mass is 19.4. The number of benzene rings is 1. The standard InChI is InChI=1S/C27H37F3N2O4/c1-24-8-5-9-25(2,35-3)26(24,34)15-20-21(23(33)36-22(20)16-24)17-31-10-12-32(13-11-31)19-7-4-6-18(14-19)27(28,29)30/h4,6-7,14,20-22,34H,5,8-13,15-17H2,1-3H3/t20-,21+,22+,24+,25+,26-/m0/s1. The molecule has 2 saturated carbocycles. The van der Waals surface area contributed by atoms with E-state index in [0.29, 0.717) is 51.3 Å². The normalized spacial score (nSPS) is 39.5. The van der Waals surface area contributed by atoms with Crippen LogP contribution in [0.25, 0.3) is 0 Å². The summed E-state index contributed by atoms with van der Waals surface area (Å²) in [6.07, 6.45) is -0.825.